The van der Waals surface area contributed by atoms with Crippen LogP contribution in [0, 0.1) is 0 Å². The zero-order valence-corrected chi connectivity index (χ0v) is 11.9. The smallest absolute Gasteiger partial charge is 0.410 e. The molecule has 0 bridgehead atoms. The molecular weight excluding hydrogens is 232 g/mol. The number of amides is 1. The van der Waals surface area contributed by atoms with Gasteiger partial charge in [0, 0.05) is 19.1 Å². The molecule has 1 rings (SSSR count). The lowest BCUT2D eigenvalue weighted by atomic mass is 10.0. The zero-order chi connectivity index (χ0) is 13.8. The first-order valence-corrected chi connectivity index (χ1v) is 6.70. The Morgan fingerprint density at radius 1 is 1.50 bits per heavy atom. The highest BCUT2D eigenvalue weighted by atomic mass is 16.6. The Labute approximate surface area is 109 Å². The highest BCUT2D eigenvalue weighted by Gasteiger charge is 2.30. The van der Waals surface area contributed by atoms with Crippen molar-refractivity contribution < 1.29 is 14.6 Å². The molecule has 0 radical (unpaired) electrons. The molecule has 5 nitrogen and oxygen atoms in total. The normalized spacial score (nSPS) is 22.7. The summed E-state index contributed by atoms with van der Waals surface area (Å²) in [6, 6.07) is 0.114. The van der Waals surface area contributed by atoms with Crippen molar-refractivity contribution in [3.63, 3.8) is 0 Å². The molecule has 2 atom stereocenters. The fourth-order valence-electron chi connectivity index (χ4n) is 2.08. The Hall–Kier alpha value is -0.810. The summed E-state index contributed by atoms with van der Waals surface area (Å²) in [7, 11) is 0. The molecule has 0 aromatic carbocycles. The minimum absolute atomic E-state index is 0.114. The lowest BCUT2D eigenvalue weighted by Crippen LogP contribution is -2.51. The summed E-state index contributed by atoms with van der Waals surface area (Å²) < 4.78 is 5.41. The Kier molecular flexibility index (Phi) is 5.41. The molecule has 0 aromatic heterocycles. The van der Waals surface area contributed by atoms with Gasteiger partial charge in [-0.25, -0.2) is 4.79 Å². The van der Waals surface area contributed by atoms with Crippen molar-refractivity contribution in [2.45, 2.75) is 64.8 Å². The topological polar surface area (TPSA) is 61.8 Å². The third-order valence-electron chi connectivity index (χ3n) is 2.90. The van der Waals surface area contributed by atoms with Gasteiger partial charge in [0.25, 0.3) is 0 Å². The summed E-state index contributed by atoms with van der Waals surface area (Å²) in [5.41, 5.74) is -0.462. The molecule has 1 amide bonds. The highest BCUT2D eigenvalue weighted by Crippen LogP contribution is 2.20. The summed E-state index contributed by atoms with van der Waals surface area (Å²) >= 11 is 0. The van der Waals surface area contributed by atoms with Crippen molar-refractivity contribution >= 4 is 6.09 Å². The predicted molar refractivity (Wildman–Crippen MR) is 70.3 cm³/mol. The predicted octanol–water partition coefficient (Wildman–Crippen LogP) is 1.70. The van der Waals surface area contributed by atoms with E-state index in [0.29, 0.717) is 6.54 Å². The van der Waals surface area contributed by atoms with E-state index in [1.54, 1.807) is 11.8 Å². The quantitative estimate of drug-likeness (QED) is 0.756. The minimum Gasteiger partial charge on any atom is -0.444 e. The number of hydrogen-bond donors (Lipinski definition) is 2. The van der Waals surface area contributed by atoms with Gasteiger partial charge in [-0.05, 0) is 47.0 Å². The van der Waals surface area contributed by atoms with E-state index in [-0.39, 0.29) is 12.1 Å². The Morgan fingerprint density at radius 2 is 2.17 bits per heavy atom. The number of piperidine rings is 1. The molecule has 2 N–H and O–H groups in total. The monoisotopic (exact) mass is 258 g/mol. The molecule has 2 unspecified atom stereocenters. The number of nitrogens with zero attached hydrogens (tertiary/aromatic N) is 1. The van der Waals surface area contributed by atoms with Gasteiger partial charge in [-0.15, -0.1) is 0 Å². The number of hydrogen-bond acceptors (Lipinski definition) is 4. The summed E-state index contributed by atoms with van der Waals surface area (Å²) in [4.78, 5) is 13.9. The number of carbonyl (C=O) groups is 1. The summed E-state index contributed by atoms with van der Waals surface area (Å²) in [6.45, 7) is 8.65. The molecule has 0 aliphatic carbocycles. The van der Waals surface area contributed by atoms with Gasteiger partial charge in [-0.3, -0.25) is 5.32 Å². The molecule has 5 heteroatoms. The third kappa shape index (κ3) is 5.23. The standard InChI is InChI=1S/C13H26N2O3/c1-10(16)14-9-11-7-5-6-8-15(11)12(17)18-13(2,3)4/h10-11,14,16H,5-9H2,1-4H3. The largest absolute Gasteiger partial charge is 0.444 e. The average Bonchev–Trinajstić information content (AvgIpc) is 2.24. The molecule has 0 aromatic rings. The first-order chi connectivity index (χ1) is 8.29. The van der Waals surface area contributed by atoms with Crippen molar-refractivity contribution in [3.05, 3.63) is 0 Å². The van der Waals surface area contributed by atoms with Crippen LogP contribution >= 0.6 is 0 Å². The van der Waals surface area contributed by atoms with Gasteiger partial charge >= 0.3 is 6.09 Å². The lowest BCUT2D eigenvalue weighted by molar-refractivity contribution is 0.00797. The van der Waals surface area contributed by atoms with E-state index in [1.165, 1.54) is 0 Å². The number of aliphatic hydroxyl groups excluding tert-OH is 1. The summed E-state index contributed by atoms with van der Waals surface area (Å²) in [5.74, 6) is 0. The number of aliphatic hydroxyl groups is 1. The maximum Gasteiger partial charge on any atom is 0.410 e. The first-order valence-electron chi connectivity index (χ1n) is 6.70. The van der Waals surface area contributed by atoms with Crippen LogP contribution in [-0.2, 0) is 4.74 Å². The van der Waals surface area contributed by atoms with Crippen molar-refractivity contribution in [2.24, 2.45) is 0 Å². The fourth-order valence-corrected chi connectivity index (χ4v) is 2.08. The zero-order valence-electron chi connectivity index (χ0n) is 11.9. The first kappa shape index (κ1) is 15.2. The van der Waals surface area contributed by atoms with Gasteiger partial charge in [0.1, 0.15) is 11.8 Å². The average molecular weight is 258 g/mol. The van der Waals surface area contributed by atoms with Crippen LogP contribution in [0.2, 0.25) is 0 Å². The van der Waals surface area contributed by atoms with Gasteiger partial charge in [0.2, 0.25) is 0 Å². The number of carbonyl (C=O) groups excluding carboxylic acids is 1. The Morgan fingerprint density at radius 3 is 2.72 bits per heavy atom. The van der Waals surface area contributed by atoms with Gasteiger partial charge in [-0.2, -0.15) is 0 Å². The second-order valence-electron chi connectivity index (χ2n) is 5.91. The van der Waals surface area contributed by atoms with Crippen LogP contribution in [0.15, 0.2) is 0 Å². The van der Waals surface area contributed by atoms with Gasteiger partial charge in [0.05, 0.1) is 0 Å². The van der Waals surface area contributed by atoms with Crippen LogP contribution in [0.5, 0.6) is 0 Å². The fraction of sp³-hybridized carbons (Fsp3) is 0.923. The molecule has 0 saturated carbocycles. The Balaban J connectivity index is 2.55. The maximum absolute atomic E-state index is 12.1. The van der Waals surface area contributed by atoms with Crippen molar-refractivity contribution in [3.8, 4) is 0 Å². The molecule has 1 aliphatic rings. The van der Waals surface area contributed by atoms with Gasteiger partial charge in [0.15, 0.2) is 0 Å². The van der Waals surface area contributed by atoms with Gasteiger partial charge < -0.3 is 14.7 Å². The molecular formula is C13H26N2O3. The number of nitrogens with one attached hydrogen (secondary N) is 1. The van der Waals surface area contributed by atoms with Crippen LogP contribution in [0.1, 0.15) is 47.0 Å². The molecule has 1 heterocycles. The van der Waals surface area contributed by atoms with Crippen molar-refractivity contribution in [1.82, 2.24) is 10.2 Å². The van der Waals surface area contributed by atoms with E-state index in [0.717, 1.165) is 25.8 Å². The third-order valence-corrected chi connectivity index (χ3v) is 2.90. The Bertz CT molecular complexity index is 274. The van der Waals surface area contributed by atoms with E-state index < -0.39 is 11.8 Å². The highest BCUT2D eigenvalue weighted by molar-refractivity contribution is 5.68. The second-order valence-corrected chi connectivity index (χ2v) is 5.91. The number of ether oxygens (including phenoxy) is 1. The number of rotatable bonds is 3. The van der Waals surface area contributed by atoms with E-state index in [9.17, 15) is 9.90 Å². The van der Waals surface area contributed by atoms with Gasteiger partial charge in [-0.1, -0.05) is 0 Å². The minimum atomic E-state index is -0.549. The molecule has 0 spiro atoms. The lowest BCUT2D eigenvalue weighted by Gasteiger charge is -2.37. The van der Waals surface area contributed by atoms with Crippen LogP contribution in [0.4, 0.5) is 4.79 Å². The van der Waals surface area contributed by atoms with Crippen LogP contribution in [-0.4, -0.2) is 47.1 Å². The summed E-state index contributed by atoms with van der Waals surface area (Å²) in [5, 5.41) is 12.2. The van der Waals surface area contributed by atoms with Crippen LogP contribution in [0.3, 0.4) is 0 Å². The van der Waals surface area contributed by atoms with Crippen molar-refractivity contribution in [2.75, 3.05) is 13.1 Å². The SMILES string of the molecule is CC(O)NCC1CCCCN1C(=O)OC(C)(C)C. The van der Waals surface area contributed by atoms with E-state index >= 15 is 0 Å². The van der Waals surface area contributed by atoms with Crippen molar-refractivity contribution in [1.29, 1.82) is 0 Å². The van der Waals surface area contributed by atoms with E-state index in [1.807, 2.05) is 20.8 Å². The molecule has 18 heavy (non-hydrogen) atoms. The molecule has 1 aliphatic heterocycles. The second kappa shape index (κ2) is 6.38. The molecule has 1 saturated heterocycles. The maximum atomic E-state index is 12.1. The molecule has 1 fully saturated rings. The van der Waals surface area contributed by atoms with E-state index in [4.69, 9.17) is 4.74 Å². The summed E-state index contributed by atoms with van der Waals surface area (Å²) in [6.07, 6.45) is 2.29. The van der Waals surface area contributed by atoms with Crippen LogP contribution < -0.4 is 5.32 Å². The number of likely N-dealkylation sites (tertiary alicyclic amines) is 1. The van der Waals surface area contributed by atoms with Crippen LogP contribution in [0.25, 0.3) is 0 Å². The molecule has 106 valence electrons. The van der Waals surface area contributed by atoms with E-state index in [2.05, 4.69) is 5.32 Å².